The van der Waals surface area contributed by atoms with Gasteiger partial charge in [-0.1, -0.05) is 31.0 Å². The van der Waals surface area contributed by atoms with Gasteiger partial charge in [-0.2, -0.15) is 0 Å². The lowest BCUT2D eigenvalue weighted by atomic mass is 9.98. The van der Waals surface area contributed by atoms with Crippen LogP contribution in [0.25, 0.3) is 10.9 Å². The van der Waals surface area contributed by atoms with Crippen LogP contribution in [0, 0.1) is 6.92 Å². The Labute approximate surface area is 136 Å². The van der Waals surface area contributed by atoms with E-state index < -0.39 is 0 Å². The normalized spacial score (nSPS) is 19.7. The zero-order valence-corrected chi connectivity index (χ0v) is 14.0. The lowest BCUT2D eigenvalue weighted by Gasteiger charge is -2.35. The summed E-state index contributed by atoms with van der Waals surface area (Å²) in [6.07, 6.45) is 4.92. The van der Waals surface area contributed by atoms with Crippen molar-refractivity contribution in [1.82, 2.24) is 9.88 Å². The smallest absolute Gasteiger partial charge is 0.194 e. The van der Waals surface area contributed by atoms with Crippen molar-refractivity contribution >= 4 is 22.5 Å². The Morgan fingerprint density at radius 2 is 2.18 bits per heavy atom. The summed E-state index contributed by atoms with van der Waals surface area (Å²) in [4.78, 5) is 18.7. The number of aryl methyl sites for hydroxylation is 1. The van der Waals surface area contributed by atoms with Crippen LogP contribution in [0.5, 0.6) is 0 Å². The Bertz CT molecular complexity index is 738. The second-order valence-electron chi connectivity index (χ2n) is 6.25. The van der Waals surface area contributed by atoms with Crippen molar-refractivity contribution in [2.45, 2.75) is 52.1 Å². The number of nitrogens with zero attached hydrogens (tertiary/aromatic N) is 1. The van der Waals surface area contributed by atoms with Gasteiger partial charge in [-0.25, -0.2) is 0 Å². The number of fused-ring (bicyclic) bond motifs is 1. The average molecular weight is 319 g/mol. The van der Waals surface area contributed by atoms with E-state index in [1.165, 1.54) is 19.3 Å². The van der Waals surface area contributed by atoms with Gasteiger partial charge in [0, 0.05) is 29.2 Å². The van der Waals surface area contributed by atoms with Gasteiger partial charge in [0.25, 0.3) is 0 Å². The topological polar surface area (TPSA) is 36.1 Å². The van der Waals surface area contributed by atoms with Gasteiger partial charge in [0.2, 0.25) is 0 Å². The molecule has 0 bridgehead atoms. The molecule has 0 radical (unpaired) electrons. The highest BCUT2D eigenvalue weighted by Crippen LogP contribution is 2.24. The highest BCUT2D eigenvalue weighted by atomic mass is 35.5. The molecule has 22 heavy (non-hydrogen) atoms. The van der Waals surface area contributed by atoms with Crippen molar-refractivity contribution in [3.63, 3.8) is 0 Å². The van der Waals surface area contributed by atoms with Crippen molar-refractivity contribution in [1.29, 1.82) is 0 Å². The van der Waals surface area contributed by atoms with Crippen LogP contribution in [0.1, 0.15) is 43.9 Å². The first-order chi connectivity index (χ1) is 10.6. The molecule has 1 atom stereocenters. The minimum absolute atomic E-state index is 0.120. The maximum absolute atomic E-state index is 12.9. The number of nitrogens with one attached hydrogen (secondary N) is 1. The predicted molar refractivity (Wildman–Crippen MR) is 92.7 cm³/mol. The molecular weight excluding hydrogens is 296 g/mol. The molecule has 3 nitrogen and oxygen atoms in total. The van der Waals surface area contributed by atoms with Crippen molar-refractivity contribution in [2.75, 3.05) is 6.54 Å². The van der Waals surface area contributed by atoms with E-state index in [0.29, 0.717) is 16.5 Å². The summed E-state index contributed by atoms with van der Waals surface area (Å²) < 4.78 is 0. The van der Waals surface area contributed by atoms with Gasteiger partial charge in [0.05, 0.1) is 10.5 Å². The Hall–Kier alpha value is -1.32. The molecule has 4 heteroatoms. The van der Waals surface area contributed by atoms with Crippen LogP contribution in [0.15, 0.2) is 23.0 Å². The summed E-state index contributed by atoms with van der Waals surface area (Å²) in [7, 11) is 0. The van der Waals surface area contributed by atoms with Crippen LogP contribution in [-0.2, 0) is 6.54 Å². The molecule has 3 rings (SSSR count). The Kier molecular flexibility index (Phi) is 4.55. The van der Waals surface area contributed by atoms with Crippen LogP contribution < -0.4 is 5.43 Å². The monoisotopic (exact) mass is 318 g/mol. The van der Waals surface area contributed by atoms with E-state index in [1.807, 2.05) is 25.1 Å². The number of H-pyrrole nitrogens is 1. The third kappa shape index (κ3) is 2.80. The van der Waals surface area contributed by atoms with Crippen LogP contribution in [0.3, 0.4) is 0 Å². The second kappa shape index (κ2) is 6.43. The molecule has 2 heterocycles. The van der Waals surface area contributed by atoms with Gasteiger partial charge in [0.1, 0.15) is 0 Å². The first-order valence-electron chi connectivity index (χ1n) is 8.15. The van der Waals surface area contributed by atoms with Crippen molar-refractivity contribution in [3.8, 4) is 0 Å². The molecule has 1 aromatic carbocycles. The summed E-state index contributed by atoms with van der Waals surface area (Å²) in [6.45, 7) is 6.04. The first kappa shape index (κ1) is 15.6. The summed E-state index contributed by atoms with van der Waals surface area (Å²) in [5.41, 5.74) is 2.69. The average Bonchev–Trinajstić information content (AvgIpc) is 2.53. The number of halogens is 1. The number of aromatic amines is 1. The van der Waals surface area contributed by atoms with Crippen LogP contribution in [-0.4, -0.2) is 22.5 Å². The minimum atomic E-state index is 0.120. The number of likely N-dealkylation sites (tertiary alicyclic amines) is 1. The molecule has 1 aliphatic rings. The minimum Gasteiger partial charge on any atom is -0.357 e. The zero-order chi connectivity index (χ0) is 15.7. The molecule has 0 amide bonds. The number of aromatic nitrogens is 1. The predicted octanol–water partition coefficient (Wildman–Crippen LogP) is 4.25. The Morgan fingerprint density at radius 1 is 1.36 bits per heavy atom. The number of para-hydroxylation sites is 1. The molecule has 0 spiro atoms. The van der Waals surface area contributed by atoms with E-state index in [-0.39, 0.29) is 5.43 Å². The summed E-state index contributed by atoms with van der Waals surface area (Å²) in [5, 5.41) is 1.30. The molecular formula is C18H23ClN2O. The molecule has 0 unspecified atom stereocenters. The lowest BCUT2D eigenvalue weighted by Crippen LogP contribution is -2.39. The van der Waals surface area contributed by atoms with E-state index in [2.05, 4.69) is 16.8 Å². The van der Waals surface area contributed by atoms with Crippen molar-refractivity contribution < 1.29 is 0 Å². The number of hydrogen-bond donors (Lipinski definition) is 1. The molecule has 0 aliphatic carbocycles. The maximum Gasteiger partial charge on any atom is 0.194 e. The van der Waals surface area contributed by atoms with Gasteiger partial charge in [-0.05, 0) is 44.9 Å². The molecule has 1 aromatic heterocycles. The van der Waals surface area contributed by atoms with Gasteiger partial charge in [-0.15, -0.1) is 0 Å². The molecule has 2 aromatic rings. The van der Waals surface area contributed by atoms with Crippen molar-refractivity contribution in [2.24, 2.45) is 0 Å². The first-order valence-corrected chi connectivity index (χ1v) is 8.53. The SMILES string of the molecule is CC[C@H]1CCCCN1Cc1c(C)[nH]c2c(Cl)cccc2c1=O. The third-order valence-corrected chi connectivity index (χ3v) is 5.19. The highest BCUT2D eigenvalue weighted by molar-refractivity contribution is 6.35. The quantitative estimate of drug-likeness (QED) is 0.918. The van der Waals surface area contributed by atoms with Gasteiger partial charge >= 0.3 is 0 Å². The number of hydrogen-bond acceptors (Lipinski definition) is 2. The molecule has 118 valence electrons. The fraction of sp³-hybridized carbons (Fsp3) is 0.500. The number of benzene rings is 1. The second-order valence-corrected chi connectivity index (χ2v) is 6.66. The van der Waals surface area contributed by atoms with E-state index >= 15 is 0 Å². The number of piperidine rings is 1. The Morgan fingerprint density at radius 3 is 2.95 bits per heavy atom. The molecule has 1 N–H and O–H groups in total. The number of rotatable bonds is 3. The number of pyridine rings is 1. The largest absolute Gasteiger partial charge is 0.357 e. The lowest BCUT2D eigenvalue weighted by molar-refractivity contribution is 0.135. The zero-order valence-electron chi connectivity index (χ0n) is 13.3. The van der Waals surface area contributed by atoms with E-state index in [4.69, 9.17) is 11.6 Å². The third-order valence-electron chi connectivity index (χ3n) is 4.88. The Balaban J connectivity index is 2.02. The fourth-order valence-electron chi connectivity index (χ4n) is 3.56. The van der Waals surface area contributed by atoms with Gasteiger partial charge < -0.3 is 4.98 Å². The molecule has 1 fully saturated rings. The van der Waals surface area contributed by atoms with Crippen LogP contribution in [0.4, 0.5) is 0 Å². The van der Waals surface area contributed by atoms with E-state index in [9.17, 15) is 4.79 Å². The summed E-state index contributed by atoms with van der Waals surface area (Å²) in [6, 6.07) is 6.12. The fourth-order valence-corrected chi connectivity index (χ4v) is 3.78. The summed E-state index contributed by atoms with van der Waals surface area (Å²) >= 11 is 6.21. The van der Waals surface area contributed by atoms with E-state index in [0.717, 1.165) is 36.3 Å². The molecule has 1 aliphatic heterocycles. The standard InChI is InChI=1S/C18H23ClN2O/c1-3-13-7-4-5-10-21(13)11-15-12(2)20-17-14(18(15)22)8-6-9-16(17)19/h6,8-9,13H,3-5,7,10-11H2,1-2H3,(H,20,22)/t13-/m0/s1. The maximum atomic E-state index is 12.9. The highest BCUT2D eigenvalue weighted by Gasteiger charge is 2.23. The van der Waals surface area contributed by atoms with Crippen LogP contribution >= 0.6 is 11.6 Å². The summed E-state index contributed by atoms with van der Waals surface area (Å²) in [5.74, 6) is 0. The molecule has 1 saturated heterocycles. The van der Waals surface area contributed by atoms with Crippen LogP contribution in [0.2, 0.25) is 5.02 Å². The van der Waals surface area contributed by atoms with Gasteiger partial charge in [-0.3, -0.25) is 9.69 Å². The van der Waals surface area contributed by atoms with Crippen molar-refractivity contribution in [3.05, 3.63) is 44.7 Å². The molecule has 0 saturated carbocycles. The van der Waals surface area contributed by atoms with Gasteiger partial charge in [0.15, 0.2) is 5.43 Å². The van der Waals surface area contributed by atoms with E-state index in [1.54, 1.807) is 0 Å².